The molecule has 3 rings (SSSR count). The van der Waals surface area contributed by atoms with Crippen molar-refractivity contribution in [1.82, 2.24) is 4.90 Å². The van der Waals surface area contributed by atoms with Crippen molar-refractivity contribution < 1.29 is 9.59 Å². The van der Waals surface area contributed by atoms with Gasteiger partial charge in [-0.25, -0.2) is 0 Å². The summed E-state index contributed by atoms with van der Waals surface area (Å²) in [5, 5.41) is 2.84. The van der Waals surface area contributed by atoms with E-state index in [1.165, 1.54) is 5.56 Å². The molecule has 2 aromatic carbocycles. The molecule has 2 amide bonds. The third-order valence-corrected chi connectivity index (χ3v) is 4.78. The molecule has 0 unspecified atom stereocenters. The van der Waals surface area contributed by atoms with E-state index < -0.39 is 5.91 Å². The Kier molecular flexibility index (Phi) is 7.36. The summed E-state index contributed by atoms with van der Waals surface area (Å²) in [6.07, 6.45) is 0.395. The van der Waals surface area contributed by atoms with Crippen LogP contribution >= 0.6 is 12.4 Å². The summed E-state index contributed by atoms with van der Waals surface area (Å²) < 4.78 is 0. The van der Waals surface area contributed by atoms with E-state index in [9.17, 15) is 9.59 Å². The first-order valence-corrected chi connectivity index (χ1v) is 8.75. The quantitative estimate of drug-likeness (QED) is 0.704. The highest BCUT2D eigenvalue weighted by Crippen LogP contribution is 2.26. The average molecular weight is 389 g/mol. The van der Waals surface area contributed by atoms with Gasteiger partial charge in [-0.15, -0.1) is 12.4 Å². The minimum absolute atomic E-state index is 0. The Morgan fingerprint density at radius 3 is 2.33 bits per heavy atom. The van der Waals surface area contributed by atoms with Crippen LogP contribution in [-0.4, -0.2) is 42.4 Å². The molecular formula is C20H25ClN4O2. The Hall–Kier alpha value is -2.41. The lowest BCUT2D eigenvalue weighted by atomic mass is 9.95. The van der Waals surface area contributed by atoms with Gasteiger partial charge < -0.3 is 21.7 Å². The van der Waals surface area contributed by atoms with E-state index in [0.717, 1.165) is 13.1 Å². The zero-order valence-electron chi connectivity index (χ0n) is 15.0. The van der Waals surface area contributed by atoms with Crippen molar-refractivity contribution >= 4 is 29.9 Å². The number of carbonyl (C=O) groups excluding carboxylic acids is 2. The lowest BCUT2D eigenvalue weighted by molar-refractivity contribution is -0.116. The number of hydrogen-bond acceptors (Lipinski definition) is 4. The number of benzene rings is 2. The lowest BCUT2D eigenvalue weighted by Gasteiger charge is -2.16. The fourth-order valence-electron chi connectivity index (χ4n) is 3.35. The normalized spacial score (nSPS) is 19.3. The minimum atomic E-state index is -0.485. The highest BCUT2D eigenvalue weighted by atomic mass is 35.5. The summed E-state index contributed by atoms with van der Waals surface area (Å²) in [5.74, 6) is -0.240. The number of anilines is 1. The maximum atomic E-state index is 12.2. The van der Waals surface area contributed by atoms with Crippen LogP contribution in [0.15, 0.2) is 54.6 Å². The Morgan fingerprint density at radius 1 is 1.04 bits per heavy atom. The standard InChI is InChI=1S/C20H24N4O2.ClH/c21-18-13-24(12-17(18)14-4-2-1-3-5-14)11-10-19(25)23-16-8-6-15(7-9-16)20(22)26;/h1-9,17-18H,10-13,21H2,(H2,22,26)(H,23,25);1H/t17-,18+;/m0./s1. The molecule has 5 N–H and O–H groups in total. The van der Waals surface area contributed by atoms with E-state index in [2.05, 4.69) is 22.3 Å². The molecule has 6 nitrogen and oxygen atoms in total. The van der Waals surface area contributed by atoms with E-state index >= 15 is 0 Å². The molecule has 0 aliphatic carbocycles. The van der Waals surface area contributed by atoms with Crippen LogP contribution < -0.4 is 16.8 Å². The van der Waals surface area contributed by atoms with Crippen molar-refractivity contribution in [1.29, 1.82) is 0 Å². The third kappa shape index (κ3) is 5.53. The van der Waals surface area contributed by atoms with E-state index in [1.807, 2.05) is 18.2 Å². The van der Waals surface area contributed by atoms with Gasteiger partial charge in [-0.05, 0) is 29.8 Å². The van der Waals surface area contributed by atoms with E-state index in [4.69, 9.17) is 11.5 Å². The number of nitrogens with two attached hydrogens (primary N) is 2. The predicted molar refractivity (Wildman–Crippen MR) is 109 cm³/mol. The molecule has 1 saturated heterocycles. The maximum absolute atomic E-state index is 12.2. The van der Waals surface area contributed by atoms with Gasteiger partial charge in [-0.1, -0.05) is 30.3 Å². The lowest BCUT2D eigenvalue weighted by Crippen LogP contribution is -2.30. The van der Waals surface area contributed by atoms with Gasteiger partial charge in [0, 0.05) is 49.3 Å². The SMILES string of the molecule is Cl.NC(=O)c1ccc(NC(=O)CCN2C[C@@H](N)[C@H](c3ccccc3)C2)cc1. The molecule has 0 saturated carbocycles. The van der Waals surface area contributed by atoms with Gasteiger partial charge in [0.1, 0.15) is 0 Å². The molecule has 0 radical (unpaired) electrons. The zero-order valence-corrected chi connectivity index (χ0v) is 15.8. The molecule has 27 heavy (non-hydrogen) atoms. The first-order valence-electron chi connectivity index (χ1n) is 8.75. The molecule has 2 atom stereocenters. The van der Waals surface area contributed by atoms with Gasteiger partial charge in [0.15, 0.2) is 0 Å². The first-order chi connectivity index (χ1) is 12.5. The van der Waals surface area contributed by atoms with Crippen LogP contribution in [0.4, 0.5) is 5.69 Å². The summed E-state index contributed by atoms with van der Waals surface area (Å²) in [6, 6.07) is 16.9. The Labute approximate surface area is 165 Å². The summed E-state index contributed by atoms with van der Waals surface area (Å²) >= 11 is 0. The van der Waals surface area contributed by atoms with Crippen LogP contribution in [0.1, 0.15) is 28.3 Å². The minimum Gasteiger partial charge on any atom is -0.366 e. The third-order valence-electron chi connectivity index (χ3n) is 4.78. The predicted octanol–water partition coefficient (Wildman–Crippen LogP) is 1.96. The molecule has 1 aliphatic rings. The molecular weight excluding hydrogens is 364 g/mol. The van der Waals surface area contributed by atoms with Crippen molar-refractivity contribution in [3.8, 4) is 0 Å². The highest BCUT2D eigenvalue weighted by molar-refractivity contribution is 5.94. The van der Waals surface area contributed by atoms with Crippen LogP contribution in [0.3, 0.4) is 0 Å². The van der Waals surface area contributed by atoms with Crippen molar-refractivity contribution in [3.63, 3.8) is 0 Å². The molecule has 0 spiro atoms. The fourth-order valence-corrected chi connectivity index (χ4v) is 3.35. The summed E-state index contributed by atoms with van der Waals surface area (Å²) in [4.78, 5) is 25.5. The zero-order chi connectivity index (χ0) is 18.5. The largest absolute Gasteiger partial charge is 0.366 e. The van der Waals surface area contributed by atoms with Gasteiger partial charge in [0.05, 0.1) is 0 Å². The van der Waals surface area contributed by atoms with Crippen LogP contribution in [0.25, 0.3) is 0 Å². The second kappa shape index (κ2) is 9.50. The Balaban J connectivity index is 0.00000261. The van der Waals surface area contributed by atoms with Crippen molar-refractivity contribution in [2.45, 2.75) is 18.4 Å². The average Bonchev–Trinajstić information content (AvgIpc) is 3.02. The molecule has 2 aromatic rings. The topological polar surface area (TPSA) is 101 Å². The molecule has 1 aliphatic heterocycles. The number of hydrogen-bond donors (Lipinski definition) is 3. The number of nitrogens with one attached hydrogen (secondary N) is 1. The summed E-state index contributed by atoms with van der Waals surface area (Å²) in [6.45, 7) is 2.33. The smallest absolute Gasteiger partial charge is 0.248 e. The van der Waals surface area contributed by atoms with Crippen LogP contribution in [0.5, 0.6) is 0 Å². The molecule has 1 heterocycles. The second-order valence-corrected chi connectivity index (χ2v) is 6.68. The number of primary amides is 1. The number of amides is 2. The Bertz CT molecular complexity index is 767. The van der Waals surface area contributed by atoms with Crippen LogP contribution in [0.2, 0.25) is 0 Å². The molecule has 144 valence electrons. The van der Waals surface area contributed by atoms with E-state index in [-0.39, 0.29) is 24.4 Å². The molecule has 0 bridgehead atoms. The van der Waals surface area contributed by atoms with Crippen molar-refractivity contribution in [3.05, 3.63) is 65.7 Å². The molecule has 0 aromatic heterocycles. The van der Waals surface area contributed by atoms with Gasteiger partial charge in [-0.3, -0.25) is 9.59 Å². The highest BCUT2D eigenvalue weighted by Gasteiger charge is 2.31. The van der Waals surface area contributed by atoms with Gasteiger partial charge in [-0.2, -0.15) is 0 Å². The van der Waals surface area contributed by atoms with Gasteiger partial charge in [0.2, 0.25) is 11.8 Å². The molecule has 1 fully saturated rings. The Morgan fingerprint density at radius 2 is 1.70 bits per heavy atom. The maximum Gasteiger partial charge on any atom is 0.248 e. The summed E-state index contributed by atoms with van der Waals surface area (Å²) in [7, 11) is 0. The summed E-state index contributed by atoms with van der Waals surface area (Å²) in [5.41, 5.74) is 13.8. The number of carbonyl (C=O) groups is 2. The monoisotopic (exact) mass is 388 g/mol. The number of nitrogens with zero attached hydrogens (tertiary/aromatic N) is 1. The van der Waals surface area contributed by atoms with Crippen molar-refractivity contribution in [2.75, 3.05) is 25.0 Å². The fraction of sp³-hybridized carbons (Fsp3) is 0.300. The number of rotatable bonds is 6. The van der Waals surface area contributed by atoms with Gasteiger partial charge >= 0.3 is 0 Å². The second-order valence-electron chi connectivity index (χ2n) is 6.68. The molecule has 7 heteroatoms. The van der Waals surface area contributed by atoms with Crippen molar-refractivity contribution in [2.24, 2.45) is 11.5 Å². The van der Waals surface area contributed by atoms with Crippen LogP contribution in [0, 0.1) is 0 Å². The first kappa shape index (κ1) is 20.9. The van der Waals surface area contributed by atoms with Gasteiger partial charge in [0.25, 0.3) is 0 Å². The number of halogens is 1. The number of likely N-dealkylation sites (tertiary alicyclic amines) is 1. The van der Waals surface area contributed by atoms with Crippen LogP contribution in [-0.2, 0) is 4.79 Å². The van der Waals surface area contributed by atoms with E-state index in [1.54, 1.807) is 24.3 Å². The van der Waals surface area contributed by atoms with E-state index in [0.29, 0.717) is 30.1 Å².